The van der Waals surface area contributed by atoms with E-state index < -0.39 is 0 Å². The van der Waals surface area contributed by atoms with Gasteiger partial charge in [-0.2, -0.15) is 0 Å². The van der Waals surface area contributed by atoms with E-state index in [9.17, 15) is 14.8 Å². The van der Waals surface area contributed by atoms with Gasteiger partial charge in [0.25, 0.3) is 0 Å². The lowest BCUT2D eigenvalue weighted by molar-refractivity contribution is 0.0994. The molecule has 1 aromatic rings. The molecular formula is C9H7NO3. The highest BCUT2D eigenvalue weighted by Crippen LogP contribution is 2.33. The normalized spacial score (nSPS) is 14.3. The van der Waals surface area contributed by atoms with Gasteiger partial charge in [0.1, 0.15) is 11.4 Å². The van der Waals surface area contributed by atoms with Gasteiger partial charge in [-0.25, -0.2) is 0 Å². The molecule has 1 aliphatic carbocycles. The summed E-state index contributed by atoms with van der Waals surface area (Å²) in [5.41, 5.74) is 1.33. The SMILES string of the molecule is O=Nc1cc2c(cc1O)C(=O)CC2. The number of carbonyl (C=O) groups excluding carboxylic acids is 1. The van der Waals surface area contributed by atoms with Gasteiger partial charge in [-0.05, 0) is 29.3 Å². The van der Waals surface area contributed by atoms with E-state index in [0.29, 0.717) is 18.4 Å². The van der Waals surface area contributed by atoms with Gasteiger partial charge < -0.3 is 5.11 Å². The summed E-state index contributed by atoms with van der Waals surface area (Å²) in [5, 5.41) is 11.9. The minimum Gasteiger partial charge on any atom is -0.506 e. The summed E-state index contributed by atoms with van der Waals surface area (Å²) in [6, 6.07) is 2.80. The van der Waals surface area contributed by atoms with E-state index in [2.05, 4.69) is 5.18 Å². The summed E-state index contributed by atoms with van der Waals surface area (Å²) in [6.07, 6.45) is 1.09. The Morgan fingerprint density at radius 1 is 1.31 bits per heavy atom. The van der Waals surface area contributed by atoms with Crippen molar-refractivity contribution in [3.05, 3.63) is 28.2 Å². The van der Waals surface area contributed by atoms with Crippen molar-refractivity contribution in [1.29, 1.82) is 0 Å². The van der Waals surface area contributed by atoms with Crippen LogP contribution in [0.25, 0.3) is 0 Å². The number of phenols is 1. The second-order valence-electron chi connectivity index (χ2n) is 3.01. The largest absolute Gasteiger partial charge is 0.506 e. The number of phenolic OH excluding ortho intramolecular Hbond substituents is 1. The fraction of sp³-hybridized carbons (Fsp3) is 0.222. The number of rotatable bonds is 1. The van der Waals surface area contributed by atoms with Gasteiger partial charge >= 0.3 is 0 Å². The molecule has 0 saturated carbocycles. The first-order chi connectivity index (χ1) is 6.22. The quantitative estimate of drug-likeness (QED) is 0.666. The summed E-state index contributed by atoms with van der Waals surface area (Å²) >= 11 is 0. The van der Waals surface area contributed by atoms with Crippen LogP contribution in [-0.4, -0.2) is 10.9 Å². The highest BCUT2D eigenvalue weighted by Gasteiger charge is 2.21. The Morgan fingerprint density at radius 2 is 2.08 bits per heavy atom. The van der Waals surface area contributed by atoms with Gasteiger partial charge in [0.2, 0.25) is 0 Å². The molecule has 1 aliphatic rings. The zero-order valence-electron chi connectivity index (χ0n) is 6.78. The summed E-state index contributed by atoms with van der Waals surface area (Å²) in [6.45, 7) is 0. The van der Waals surface area contributed by atoms with Crippen LogP contribution in [-0.2, 0) is 6.42 Å². The Hall–Kier alpha value is -1.71. The lowest BCUT2D eigenvalue weighted by Gasteiger charge is -1.99. The molecule has 0 fully saturated rings. The molecule has 13 heavy (non-hydrogen) atoms. The monoisotopic (exact) mass is 177 g/mol. The molecular weight excluding hydrogens is 170 g/mol. The maximum atomic E-state index is 11.2. The lowest BCUT2D eigenvalue weighted by Crippen LogP contribution is -1.90. The second-order valence-corrected chi connectivity index (χ2v) is 3.01. The topological polar surface area (TPSA) is 66.7 Å². The van der Waals surface area contributed by atoms with Crippen LogP contribution in [0.15, 0.2) is 17.3 Å². The number of aryl methyl sites for hydroxylation is 1. The second kappa shape index (κ2) is 2.65. The van der Waals surface area contributed by atoms with Gasteiger partial charge in [0, 0.05) is 12.0 Å². The maximum absolute atomic E-state index is 11.2. The van der Waals surface area contributed by atoms with Crippen LogP contribution in [0.2, 0.25) is 0 Å². The predicted octanol–water partition coefficient (Wildman–Crippen LogP) is 1.92. The number of nitroso groups, excluding NO2 is 1. The third-order valence-corrected chi connectivity index (χ3v) is 2.22. The Bertz CT molecular complexity index is 398. The number of fused-ring (bicyclic) bond motifs is 1. The molecule has 0 amide bonds. The zero-order valence-corrected chi connectivity index (χ0v) is 6.78. The number of ketones is 1. The molecule has 1 N–H and O–H groups in total. The van der Waals surface area contributed by atoms with Crippen molar-refractivity contribution >= 4 is 11.5 Å². The highest BCUT2D eigenvalue weighted by molar-refractivity contribution is 6.01. The summed E-state index contributed by atoms with van der Waals surface area (Å²) < 4.78 is 0. The number of nitrogens with zero attached hydrogens (tertiary/aromatic N) is 1. The Kier molecular flexibility index (Phi) is 1.62. The smallest absolute Gasteiger partial charge is 0.163 e. The molecule has 0 aromatic heterocycles. The van der Waals surface area contributed by atoms with Gasteiger partial charge in [-0.3, -0.25) is 4.79 Å². The van der Waals surface area contributed by atoms with E-state index >= 15 is 0 Å². The van der Waals surface area contributed by atoms with E-state index in [1.54, 1.807) is 0 Å². The lowest BCUT2D eigenvalue weighted by atomic mass is 10.1. The summed E-state index contributed by atoms with van der Waals surface area (Å²) in [7, 11) is 0. The predicted molar refractivity (Wildman–Crippen MR) is 46.2 cm³/mol. The van der Waals surface area contributed by atoms with Crippen LogP contribution >= 0.6 is 0 Å². The Morgan fingerprint density at radius 3 is 2.77 bits per heavy atom. The van der Waals surface area contributed by atoms with Gasteiger partial charge in [-0.1, -0.05) is 0 Å². The standard InChI is InChI=1S/C9H7NO3/c11-8-2-1-5-3-7(10-13)9(12)4-6(5)8/h3-4,12H,1-2H2. The molecule has 0 aliphatic heterocycles. The number of hydrogen-bond donors (Lipinski definition) is 1. The first-order valence-corrected chi connectivity index (χ1v) is 3.95. The molecule has 4 heteroatoms. The van der Waals surface area contributed by atoms with Crippen LogP contribution in [0.4, 0.5) is 5.69 Å². The van der Waals surface area contributed by atoms with Crippen molar-refractivity contribution < 1.29 is 9.90 Å². The summed E-state index contributed by atoms with van der Waals surface area (Å²) in [4.78, 5) is 21.4. The van der Waals surface area contributed by atoms with Crippen molar-refractivity contribution in [1.82, 2.24) is 0 Å². The van der Waals surface area contributed by atoms with Crippen LogP contribution in [0.1, 0.15) is 22.3 Å². The molecule has 1 aromatic carbocycles. The van der Waals surface area contributed by atoms with Gasteiger partial charge in [0.05, 0.1) is 0 Å². The van der Waals surface area contributed by atoms with Crippen molar-refractivity contribution in [2.45, 2.75) is 12.8 Å². The molecule has 0 saturated heterocycles. The fourth-order valence-electron chi connectivity index (χ4n) is 1.54. The Labute approximate surface area is 74.2 Å². The van der Waals surface area contributed by atoms with E-state index in [4.69, 9.17) is 0 Å². The third-order valence-electron chi connectivity index (χ3n) is 2.22. The van der Waals surface area contributed by atoms with Crippen LogP contribution in [0.5, 0.6) is 5.75 Å². The van der Waals surface area contributed by atoms with Crippen molar-refractivity contribution in [3.63, 3.8) is 0 Å². The number of Topliss-reactive ketones (excluding diaryl/α,β-unsaturated/α-hetero) is 1. The first-order valence-electron chi connectivity index (χ1n) is 3.95. The van der Waals surface area contributed by atoms with E-state index in [1.807, 2.05) is 0 Å². The van der Waals surface area contributed by atoms with E-state index in [0.717, 1.165) is 5.56 Å². The van der Waals surface area contributed by atoms with Crippen LogP contribution in [0, 0.1) is 4.91 Å². The Balaban J connectivity index is 2.63. The minimum atomic E-state index is -0.219. The molecule has 0 spiro atoms. The van der Waals surface area contributed by atoms with E-state index in [1.165, 1.54) is 12.1 Å². The average molecular weight is 177 g/mol. The molecule has 0 radical (unpaired) electrons. The molecule has 0 atom stereocenters. The molecule has 0 heterocycles. The molecule has 66 valence electrons. The first kappa shape index (κ1) is 7.91. The molecule has 4 nitrogen and oxygen atoms in total. The third kappa shape index (κ3) is 1.11. The van der Waals surface area contributed by atoms with Gasteiger partial charge in [-0.15, -0.1) is 4.91 Å². The average Bonchev–Trinajstić information content (AvgIpc) is 2.47. The fourth-order valence-corrected chi connectivity index (χ4v) is 1.54. The zero-order chi connectivity index (χ0) is 9.42. The van der Waals surface area contributed by atoms with Crippen molar-refractivity contribution in [2.75, 3.05) is 0 Å². The molecule has 0 bridgehead atoms. The van der Waals surface area contributed by atoms with Crippen LogP contribution < -0.4 is 0 Å². The number of carbonyl (C=O) groups is 1. The van der Waals surface area contributed by atoms with Crippen molar-refractivity contribution in [2.24, 2.45) is 5.18 Å². The van der Waals surface area contributed by atoms with Gasteiger partial charge in [0.15, 0.2) is 5.78 Å². The van der Waals surface area contributed by atoms with E-state index in [-0.39, 0.29) is 17.2 Å². The molecule has 2 rings (SSSR count). The van der Waals surface area contributed by atoms with Crippen molar-refractivity contribution in [3.8, 4) is 5.75 Å². The summed E-state index contributed by atoms with van der Waals surface area (Å²) in [5.74, 6) is -0.202. The van der Waals surface area contributed by atoms with Crippen LogP contribution in [0.3, 0.4) is 0 Å². The number of hydrogen-bond acceptors (Lipinski definition) is 4. The number of aromatic hydroxyl groups is 1. The molecule has 0 unspecified atom stereocenters. The maximum Gasteiger partial charge on any atom is 0.163 e. The number of benzene rings is 1. The minimum absolute atomic E-state index is 0.00782. The highest BCUT2D eigenvalue weighted by atomic mass is 16.3.